The largest absolute Gasteiger partial charge is 0.341 e. The number of likely N-dealkylation sites (N-methyl/N-ethyl adjacent to an activating group) is 1. The molecule has 1 atom stereocenters. The van der Waals surface area contributed by atoms with Crippen molar-refractivity contribution in [3.63, 3.8) is 0 Å². The minimum absolute atomic E-state index is 0.236. The second kappa shape index (κ2) is 6.24. The molecule has 1 aliphatic rings. The zero-order valence-electron chi connectivity index (χ0n) is 11.0. The second-order valence-corrected chi connectivity index (χ2v) is 4.75. The predicted octanol–water partition coefficient (Wildman–Crippen LogP) is 2.17. The number of rotatable bonds is 6. The van der Waals surface area contributed by atoms with Gasteiger partial charge in [0.25, 0.3) is 0 Å². The third kappa shape index (κ3) is 2.76. The highest BCUT2D eigenvalue weighted by atomic mass is 16.2. The summed E-state index contributed by atoms with van der Waals surface area (Å²) in [6.07, 6.45) is 5.24. The van der Waals surface area contributed by atoms with Gasteiger partial charge in [-0.2, -0.15) is 0 Å². The van der Waals surface area contributed by atoms with E-state index in [1.54, 1.807) is 0 Å². The Morgan fingerprint density at radius 1 is 1.31 bits per heavy atom. The van der Waals surface area contributed by atoms with Crippen LogP contribution in [0.1, 0.15) is 52.9 Å². The molecule has 0 radical (unpaired) electrons. The molecule has 1 heterocycles. The van der Waals surface area contributed by atoms with Crippen LogP contribution in [0.4, 0.5) is 0 Å². The summed E-state index contributed by atoms with van der Waals surface area (Å²) in [5, 5.41) is 3.45. The van der Waals surface area contributed by atoms with Crippen molar-refractivity contribution in [2.75, 3.05) is 19.6 Å². The Hall–Kier alpha value is -0.570. The van der Waals surface area contributed by atoms with E-state index in [4.69, 9.17) is 0 Å². The van der Waals surface area contributed by atoms with Crippen LogP contribution in [-0.4, -0.2) is 36.0 Å². The molecule has 0 saturated carbocycles. The average Bonchev–Trinajstić information content (AvgIpc) is 2.75. The van der Waals surface area contributed by atoms with Gasteiger partial charge in [0.15, 0.2) is 0 Å². The van der Waals surface area contributed by atoms with Crippen LogP contribution in [0.15, 0.2) is 0 Å². The maximum absolute atomic E-state index is 12.5. The molecule has 1 amide bonds. The minimum Gasteiger partial charge on any atom is -0.341 e. The molecular formula is C13H26N2O. The molecule has 1 saturated heterocycles. The van der Waals surface area contributed by atoms with Crippen molar-refractivity contribution in [1.82, 2.24) is 10.2 Å². The van der Waals surface area contributed by atoms with Gasteiger partial charge in [-0.25, -0.2) is 0 Å². The van der Waals surface area contributed by atoms with Gasteiger partial charge < -0.3 is 10.2 Å². The fourth-order valence-electron chi connectivity index (χ4n) is 2.71. The summed E-state index contributed by atoms with van der Waals surface area (Å²) in [4.78, 5) is 14.5. The van der Waals surface area contributed by atoms with E-state index < -0.39 is 0 Å². The van der Waals surface area contributed by atoms with Gasteiger partial charge in [0.2, 0.25) is 5.91 Å². The SMILES string of the molecule is CCCN(CC)C(=O)C1(CCC)CCCN1. The van der Waals surface area contributed by atoms with Crippen LogP contribution >= 0.6 is 0 Å². The number of carbonyl (C=O) groups excluding carboxylic acids is 1. The first-order valence-corrected chi connectivity index (χ1v) is 6.74. The summed E-state index contributed by atoms with van der Waals surface area (Å²) in [5.41, 5.74) is -0.236. The molecule has 1 fully saturated rings. The minimum atomic E-state index is -0.236. The van der Waals surface area contributed by atoms with E-state index in [0.717, 1.165) is 51.7 Å². The Morgan fingerprint density at radius 3 is 2.50 bits per heavy atom. The number of amides is 1. The second-order valence-electron chi connectivity index (χ2n) is 4.75. The molecule has 16 heavy (non-hydrogen) atoms. The number of hydrogen-bond donors (Lipinski definition) is 1. The van der Waals surface area contributed by atoms with Crippen LogP contribution in [-0.2, 0) is 4.79 Å². The lowest BCUT2D eigenvalue weighted by Gasteiger charge is -2.34. The van der Waals surface area contributed by atoms with Crippen LogP contribution in [0.2, 0.25) is 0 Å². The maximum atomic E-state index is 12.5. The first-order chi connectivity index (χ1) is 7.70. The van der Waals surface area contributed by atoms with E-state index in [0.29, 0.717) is 5.91 Å². The van der Waals surface area contributed by atoms with Crippen molar-refractivity contribution in [3.05, 3.63) is 0 Å². The molecule has 0 aliphatic carbocycles. The summed E-state index contributed by atoms with van der Waals surface area (Å²) in [7, 11) is 0. The van der Waals surface area contributed by atoms with Gasteiger partial charge in [0, 0.05) is 13.1 Å². The third-order valence-corrected chi connectivity index (χ3v) is 3.49. The zero-order valence-corrected chi connectivity index (χ0v) is 11.0. The number of nitrogens with zero attached hydrogens (tertiary/aromatic N) is 1. The van der Waals surface area contributed by atoms with Crippen molar-refractivity contribution >= 4 is 5.91 Å². The van der Waals surface area contributed by atoms with Crippen molar-refractivity contribution in [2.24, 2.45) is 0 Å². The number of carbonyl (C=O) groups is 1. The van der Waals surface area contributed by atoms with Gasteiger partial charge >= 0.3 is 0 Å². The molecule has 94 valence electrons. The third-order valence-electron chi connectivity index (χ3n) is 3.49. The molecular weight excluding hydrogens is 200 g/mol. The summed E-state index contributed by atoms with van der Waals surface area (Å²) >= 11 is 0. The van der Waals surface area contributed by atoms with E-state index in [2.05, 4.69) is 26.1 Å². The van der Waals surface area contributed by atoms with Crippen LogP contribution in [0.3, 0.4) is 0 Å². The molecule has 1 aliphatic heterocycles. The summed E-state index contributed by atoms with van der Waals surface area (Å²) in [6, 6.07) is 0. The molecule has 3 heteroatoms. The highest BCUT2D eigenvalue weighted by Gasteiger charge is 2.41. The summed E-state index contributed by atoms with van der Waals surface area (Å²) in [6.45, 7) is 9.08. The maximum Gasteiger partial charge on any atom is 0.242 e. The van der Waals surface area contributed by atoms with Gasteiger partial charge in [0.1, 0.15) is 0 Å². The molecule has 1 N–H and O–H groups in total. The Labute approximate surface area is 99.6 Å². The molecule has 1 unspecified atom stereocenters. The van der Waals surface area contributed by atoms with Gasteiger partial charge in [-0.3, -0.25) is 4.79 Å². The standard InChI is InChI=1S/C13H26N2O/c1-4-8-13(9-7-10-14-13)12(16)15(6-3)11-5-2/h14H,4-11H2,1-3H3. The Balaban J connectivity index is 2.73. The van der Waals surface area contributed by atoms with Gasteiger partial charge in [-0.15, -0.1) is 0 Å². The fourth-order valence-corrected chi connectivity index (χ4v) is 2.71. The van der Waals surface area contributed by atoms with E-state index in [1.165, 1.54) is 0 Å². The number of nitrogens with one attached hydrogen (secondary N) is 1. The van der Waals surface area contributed by atoms with Crippen molar-refractivity contribution in [3.8, 4) is 0 Å². The van der Waals surface area contributed by atoms with Crippen LogP contribution < -0.4 is 5.32 Å². The van der Waals surface area contributed by atoms with Gasteiger partial charge in [-0.05, 0) is 39.2 Å². The highest BCUT2D eigenvalue weighted by molar-refractivity contribution is 5.86. The van der Waals surface area contributed by atoms with Crippen molar-refractivity contribution in [1.29, 1.82) is 0 Å². The lowest BCUT2D eigenvalue weighted by Crippen LogP contribution is -2.55. The highest BCUT2D eigenvalue weighted by Crippen LogP contribution is 2.27. The van der Waals surface area contributed by atoms with E-state index >= 15 is 0 Å². The van der Waals surface area contributed by atoms with Gasteiger partial charge in [0.05, 0.1) is 5.54 Å². The van der Waals surface area contributed by atoms with E-state index in [1.807, 2.05) is 4.90 Å². The zero-order chi connectivity index (χ0) is 12.0. The monoisotopic (exact) mass is 226 g/mol. The lowest BCUT2D eigenvalue weighted by atomic mass is 9.90. The predicted molar refractivity (Wildman–Crippen MR) is 67.4 cm³/mol. The first kappa shape index (κ1) is 13.5. The fraction of sp³-hybridized carbons (Fsp3) is 0.923. The molecule has 0 spiro atoms. The average molecular weight is 226 g/mol. The summed E-state index contributed by atoms with van der Waals surface area (Å²) in [5.74, 6) is 0.330. The molecule has 3 nitrogen and oxygen atoms in total. The molecule has 1 rings (SSSR count). The molecule has 0 aromatic carbocycles. The van der Waals surface area contributed by atoms with Gasteiger partial charge in [-0.1, -0.05) is 20.3 Å². The normalized spacial score (nSPS) is 24.7. The Kier molecular flexibility index (Phi) is 5.26. The topological polar surface area (TPSA) is 32.3 Å². The lowest BCUT2D eigenvalue weighted by molar-refractivity contribution is -0.138. The van der Waals surface area contributed by atoms with Crippen LogP contribution in [0, 0.1) is 0 Å². The Bertz CT molecular complexity index is 222. The molecule has 0 bridgehead atoms. The van der Waals surface area contributed by atoms with Crippen molar-refractivity contribution in [2.45, 2.75) is 58.4 Å². The van der Waals surface area contributed by atoms with Crippen molar-refractivity contribution < 1.29 is 4.79 Å². The molecule has 0 aromatic rings. The Morgan fingerprint density at radius 2 is 2.06 bits per heavy atom. The smallest absolute Gasteiger partial charge is 0.242 e. The van der Waals surface area contributed by atoms with Crippen LogP contribution in [0.25, 0.3) is 0 Å². The number of hydrogen-bond acceptors (Lipinski definition) is 2. The summed E-state index contributed by atoms with van der Waals surface area (Å²) < 4.78 is 0. The molecule has 0 aromatic heterocycles. The van der Waals surface area contributed by atoms with E-state index in [-0.39, 0.29) is 5.54 Å². The van der Waals surface area contributed by atoms with Crippen LogP contribution in [0.5, 0.6) is 0 Å². The quantitative estimate of drug-likeness (QED) is 0.753. The first-order valence-electron chi connectivity index (χ1n) is 6.74. The van der Waals surface area contributed by atoms with E-state index in [9.17, 15) is 4.79 Å².